The van der Waals surface area contributed by atoms with Crippen LogP contribution in [0.4, 0.5) is 0 Å². The summed E-state index contributed by atoms with van der Waals surface area (Å²) in [7, 11) is 0. The molecule has 1 saturated heterocycles. The van der Waals surface area contributed by atoms with Crippen LogP contribution in [0, 0.1) is 23.7 Å². The van der Waals surface area contributed by atoms with Gasteiger partial charge >= 0.3 is 5.97 Å². The molecule has 1 heterocycles. The molecule has 0 aromatic carbocycles. The Kier molecular flexibility index (Phi) is 2.86. The van der Waals surface area contributed by atoms with Crippen LogP contribution in [0.1, 0.15) is 27.2 Å². The van der Waals surface area contributed by atoms with Crippen LogP contribution in [0.5, 0.6) is 0 Å². The largest absolute Gasteiger partial charge is 0.461 e. The topological polar surface area (TPSA) is 83.8 Å². The highest BCUT2D eigenvalue weighted by molar-refractivity contribution is 5.96. The van der Waals surface area contributed by atoms with Crippen LogP contribution in [0.25, 0.3) is 0 Å². The van der Waals surface area contributed by atoms with E-state index >= 15 is 0 Å². The molecule has 3 aliphatic rings. The maximum absolute atomic E-state index is 12.2. The first-order chi connectivity index (χ1) is 9.24. The van der Waals surface area contributed by atoms with Gasteiger partial charge in [0.05, 0.1) is 23.5 Å². The van der Waals surface area contributed by atoms with E-state index in [-0.39, 0.29) is 30.0 Å². The lowest BCUT2D eigenvalue weighted by Gasteiger charge is -2.33. The quantitative estimate of drug-likeness (QED) is 0.629. The van der Waals surface area contributed by atoms with Gasteiger partial charge in [0.25, 0.3) is 0 Å². The van der Waals surface area contributed by atoms with Gasteiger partial charge in [-0.3, -0.25) is 9.59 Å². The van der Waals surface area contributed by atoms with Crippen LogP contribution in [-0.4, -0.2) is 39.8 Å². The van der Waals surface area contributed by atoms with Crippen molar-refractivity contribution in [1.82, 2.24) is 0 Å². The molecule has 0 radical (unpaired) electrons. The van der Waals surface area contributed by atoms with Crippen LogP contribution >= 0.6 is 0 Å². The summed E-state index contributed by atoms with van der Waals surface area (Å²) in [6.07, 6.45) is 0.260. The Morgan fingerprint density at radius 2 is 2.05 bits per heavy atom. The van der Waals surface area contributed by atoms with E-state index in [9.17, 15) is 19.8 Å². The molecule has 1 aliphatic heterocycles. The zero-order chi connectivity index (χ0) is 14.8. The van der Waals surface area contributed by atoms with Crippen molar-refractivity contribution < 1.29 is 24.5 Å². The minimum atomic E-state index is -1.29. The Balaban J connectivity index is 2.09. The number of allylic oxidation sites excluding steroid dienone is 1. The zero-order valence-corrected chi connectivity index (χ0v) is 11.9. The van der Waals surface area contributed by atoms with Crippen molar-refractivity contribution in [3.8, 4) is 0 Å². The van der Waals surface area contributed by atoms with E-state index in [4.69, 9.17) is 4.74 Å². The number of rotatable bonds is 0. The number of aliphatic hydroxyl groups excluding tert-OH is 1. The number of hydrogen-bond acceptors (Lipinski definition) is 5. The van der Waals surface area contributed by atoms with Gasteiger partial charge in [-0.05, 0) is 19.9 Å². The molecule has 20 heavy (non-hydrogen) atoms. The van der Waals surface area contributed by atoms with Crippen LogP contribution in [0.2, 0.25) is 0 Å². The third-order valence-corrected chi connectivity index (χ3v) is 5.23. The van der Waals surface area contributed by atoms with Crippen LogP contribution in [-0.2, 0) is 14.3 Å². The smallest absolute Gasteiger partial charge is 0.309 e. The van der Waals surface area contributed by atoms with Crippen molar-refractivity contribution in [3.63, 3.8) is 0 Å². The fraction of sp³-hybridized carbons (Fsp3) is 0.733. The lowest BCUT2D eigenvalue weighted by molar-refractivity contribution is -0.148. The second-order valence-corrected chi connectivity index (χ2v) is 6.69. The summed E-state index contributed by atoms with van der Waals surface area (Å²) in [6, 6.07) is 0. The standard InChI is InChI=1S/C15H20O5/c1-6-4-8(16)12-10(6)13-11(7(2)14(18)20-13)9(17)5-15(12,3)19/h4,7,9-13,17,19H,5H2,1-3H3. The molecule has 0 aromatic heterocycles. The monoisotopic (exact) mass is 280 g/mol. The molecule has 2 N–H and O–H groups in total. The molecule has 0 spiro atoms. The highest BCUT2D eigenvalue weighted by Crippen LogP contribution is 2.51. The summed E-state index contributed by atoms with van der Waals surface area (Å²) >= 11 is 0. The third kappa shape index (κ3) is 1.69. The highest BCUT2D eigenvalue weighted by atomic mass is 16.6. The summed E-state index contributed by atoms with van der Waals surface area (Å²) in [5.41, 5.74) is -0.461. The first-order valence-electron chi connectivity index (χ1n) is 7.07. The summed E-state index contributed by atoms with van der Waals surface area (Å²) in [6.45, 7) is 5.15. The number of ether oxygens (including phenoxy) is 1. The van der Waals surface area contributed by atoms with Gasteiger partial charge in [0.15, 0.2) is 5.78 Å². The lowest BCUT2D eigenvalue weighted by atomic mass is 9.75. The van der Waals surface area contributed by atoms with E-state index in [0.717, 1.165) is 5.57 Å². The first kappa shape index (κ1) is 13.8. The predicted molar refractivity (Wildman–Crippen MR) is 69.5 cm³/mol. The van der Waals surface area contributed by atoms with Gasteiger partial charge < -0.3 is 14.9 Å². The second-order valence-electron chi connectivity index (χ2n) is 6.69. The average Bonchev–Trinajstić information content (AvgIpc) is 2.73. The fourth-order valence-corrected chi connectivity index (χ4v) is 4.31. The van der Waals surface area contributed by atoms with Gasteiger partial charge in [-0.1, -0.05) is 12.5 Å². The number of hydrogen-bond donors (Lipinski definition) is 2. The van der Waals surface area contributed by atoms with E-state index in [1.165, 1.54) is 6.08 Å². The van der Waals surface area contributed by atoms with Crippen molar-refractivity contribution in [2.45, 2.75) is 45.0 Å². The summed E-state index contributed by atoms with van der Waals surface area (Å²) in [5.74, 6) is -2.20. The molecule has 2 aliphatic carbocycles. The Bertz CT molecular complexity index is 506. The molecule has 3 rings (SSSR count). The van der Waals surface area contributed by atoms with E-state index < -0.39 is 29.6 Å². The van der Waals surface area contributed by atoms with E-state index in [1.54, 1.807) is 13.8 Å². The summed E-state index contributed by atoms with van der Waals surface area (Å²) in [5, 5.41) is 21.0. The molecule has 5 heteroatoms. The molecule has 1 saturated carbocycles. The fourth-order valence-electron chi connectivity index (χ4n) is 4.31. The Morgan fingerprint density at radius 1 is 1.40 bits per heavy atom. The number of fused-ring (bicyclic) bond motifs is 3. The third-order valence-electron chi connectivity index (χ3n) is 5.23. The summed E-state index contributed by atoms with van der Waals surface area (Å²) < 4.78 is 5.45. The number of aliphatic hydroxyl groups is 2. The van der Waals surface area contributed by atoms with Crippen molar-refractivity contribution in [2.24, 2.45) is 23.7 Å². The molecule has 7 atom stereocenters. The SMILES string of the molecule is CC1=CC(=O)C2C1C1OC(=O)C(C)C1C(O)CC2(C)O. The molecule has 110 valence electrons. The van der Waals surface area contributed by atoms with Crippen LogP contribution in [0.3, 0.4) is 0 Å². The molecule has 2 fully saturated rings. The van der Waals surface area contributed by atoms with E-state index in [2.05, 4.69) is 0 Å². The average molecular weight is 280 g/mol. The summed E-state index contributed by atoms with van der Waals surface area (Å²) in [4.78, 5) is 24.0. The number of carbonyl (C=O) groups is 2. The zero-order valence-electron chi connectivity index (χ0n) is 11.9. The van der Waals surface area contributed by atoms with Gasteiger partial charge in [-0.15, -0.1) is 0 Å². The van der Waals surface area contributed by atoms with Gasteiger partial charge in [-0.25, -0.2) is 0 Å². The van der Waals surface area contributed by atoms with Crippen molar-refractivity contribution in [3.05, 3.63) is 11.6 Å². The van der Waals surface area contributed by atoms with Crippen molar-refractivity contribution in [2.75, 3.05) is 0 Å². The Morgan fingerprint density at radius 3 is 2.70 bits per heavy atom. The molecule has 0 aromatic rings. The number of ketones is 1. The van der Waals surface area contributed by atoms with Crippen LogP contribution < -0.4 is 0 Å². The highest BCUT2D eigenvalue weighted by Gasteiger charge is 2.60. The minimum absolute atomic E-state index is 0.0865. The minimum Gasteiger partial charge on any atom is -0.461 e. The first-order valence-corrected chi connectivity index (χ1v) is 7.07. The maximum Gasteiger partial charge on any atom is 0.309 e. The molecular formula is C15H20O5. The van der Waals surface area contributed by atoms with Gasteiger partial charge in [-0.2, -0.15) is 0 Å². The second kappa shape index (κ2) is 4.15. The molecule has 0 amide bonds. The molecule has 5 nitrogen and oxygen atoms in total. The molecular weight excluding hydrogens is 260 g/mol. The number of esters is 1. The normalized spacial score (nSPS) is 51.1. The van der Waals surface area contributed by atoms with Gasteiger partial charge in [0, 0.05) is 18.3 Å². The predicted octanol–water partition coefficient (Wildman–Crippen LogP) is 0.441. The van der Waals surface area contributed by atoms with Gasteiger partial charge in [0.2, 0.25) is 0 Å². The van der Waals surface area contributed by atoms with E-state index in [1.807, 2.05) is 6.92 Å². The van der Waals surface area contributed by atoms with Gasteiger partial charge in [0.1, 0.15) is 6.10 Å². The lowest BCUT2D eigenvalue weighted by Crippen LogP contribution is -2.43. The number of carbonyl (C=O) groups excluding carboxylic acids is 2. The van der Waals surface area contributed by atoms with Crippen molar-refractivity contribution >= 4 is 11.8 Å². The Labute approximate surface area is 117 Å². The molecule has 0 bridgehead atoms. The van der Waals surface area contributed by atoms with Crippen LogP contribution in [0.15, 0.2) is 11.6 Å². The molecule has 7 unspecified atom stereocenters. The maximum atomic E-state index is 12.2. The Hall–Kier alpha value is -1.20. The van der Waals surface area contributed by atoms with Crippen molar-refractivity contribution in [1.29, 1.82) is 0 Å². The van der Waals surface area contributed by atoms with E-state index in [0.29, 0.717) is 0 Å².